The lowest BCUT2D eigenvalue weighted by Gasteiger charge is -2.17. The van der Waals surface area contributed by atoms with Crippen molar-refractivity contribution in [3.63, 3.8) is 0 Å². The maximum Gasteiger partial charge on any atom is 0.0346 e. The summed E-state index contributed by atoms with van der Waals surface area (Å²) >= 11 is 1.86. The van der Waals surface area contributed by atoms with Crippen LogP contribution >= 0.6 is 11.3 Å². The third-order valence-corrected chi connectivity index (χ3v) is 4.09. The lowest BCUT2D eigenvalue weighted by molar-refractivity contribution is 0.497. The molecule has 0 aliphatic rings. The standard InChI is InChI=1S/C15H21NS/c1-3-7-14(16-10-4-2)13-11-17-15-9-6-5-8-12(13)15/h5-6,8-9,11,14,16H,3-4,7,10H2,1-2H3. The Morgan fingerprint density at radius 2 is 2.00 bits per heavy atom. The zero-order valence-electron chi connectivity index (χ0n) is 10.7. The van der Waals surface area contributed by atoms with Crippen molar-refractivity contribution in [1.29, 1.82) is 0 Å². The highest BCUT2D eigenvalue weighted by Crippen LogP contribution is 2.32. The van der Waals surface area contributed by atoms with E-state index >= 15 is 0 Å². The van der Waals surface area contributed by atoms with Gasteiger partial charge in [-0.1, -0.05) is 38.5 Å². The Morgan fingerprint density at radius 3 is 2.76 bits per heavy atom. The van der Waals surface area contributed by atoms with E-state index in [9.17, 15) is 0 Å². The Balaban J connectivity index is 2.27. The van der Waals surface area contributed by atoms with Gasteiger partial charge in [0.1, 0.15) is 0 Å². The number of fused-ring (bicyclic) bond motifs is 1. The molecular weight excluding hydrogens is 226 g/mol. The normalized spacial score (nSPS) is 13.1. The number of nitrogens with one attached hydrogen (secondary N) is 1. The van der Waals surface area contributed by atoms with Gasteiger partial charge in [0.25, 0.3) is 0 Å². The smallest absolute Gasteiger partial charge is 0.0346 e. The summed E-state index contributed by atoms with van der Waals surface area (Å²) in [4.78, 5) is 0. The maximum atomic E-state index is 3.67. The van der Waals surface area contributed by atoms with E-state index in [4.69, 9.17) is 0 Å². The molecule has 0 bridgehead atoms. The first-order valence-electron chi connectivity index (χ1n) is 6.56. The van der Waals surface area contributed by atoms with Crippen LogP contribution in [-0.4, -0.2) is 6.54 Å². The van der Waals surface area contributed by atoms with Gasteiger partial charge in [0.2, 0.25) is 0 Å². The summed E-state index contributed by atoms with van der Waals surface area (Å²) in [7, 11) is 0. The van der Waals surface area contributed by atoms with E-state index in [2.05, 4.69) is 48.8 Å². The van der Waals surface area contributed by atoms with Crippen molar-refractivity contribution in [2.45, 2.75) is 39.2 Å². The first-order valence-corrected chi connectivity index (χ1v) is 7.44. The Bertz CT molecular complexity index is 461. The summed E-state index contributed by atoms with van der Waals surface area (Å²) in [5.74, 6) is 0. The zero-order valence-corrected chi connectivity index (χ0v) is 11.5. The second kappa shape index (κ2) is 6.18. The predicted octanol–water partition coefficient (Wildman–Crippen LogP) is 4.74. The van der Waals surface area contributed by atoms with Crippen LogP contribution in [0.15, 0.2) is 29.6 Å². The molecule has 0 fully saturated rings. The molecule has 2 rings (SSSR count). The second-order valence-corrected chi connectivity index (χ2v) is 5.39. The molecule has 1 atom stereocenters. The first kappa shape index (κ1) is 12.6. The number of thiophene rings is 1. The van der Waals surface area contributed by atoms with Crippen molar-refractivity contribution in [3.05, 3.63) is 35.2 Å². The average Bonchev–Trinajstić information content (AvgIpc) is 2.78. The Morgan fingerprint density at radius 1 is 1.18 bits per heavy atom. The van der Waals surface area contributed by atoms with E-state index in [1.807, 2.05) is 11.3 Å². The van der Waals surface area contributed by atoms with E-state index < -0.39 is 0 Å². The molecule has 1 nitrogen and oxygen atoms in total. The van der Waals surface area contributed by atoms with E-state index in [0.29, 0.717) is 6.04 Å². The van der Waals surface area contributed by atoms with Gasteiger partial charge in [0, 0.05) is 10.7 Å². The van der Waals surface area contributed by atoms with Gasteiger partial charge in [-0.2, -0.15) is 0 Å². The largest absolute Gasteiger partial charge is 0.310 e. The molecule has 0 amide bonds. The van der Waals surface area contributed by atoms with Gasteiger partial charge in [-0.05, 0) is 41.8 Å². The molecule has 0 saturated heterocycles. The van der Waals surface area contributed by atoms with Gasteiger partial charge in [-0.15, -0.1) is 11.3 Å². The van der Waals surface area contributed by atoms with E-state index in [-0.39, 0.29) is 0 Å². The van der Waals surface area contributed by atoms with Crippen molar-refractivity contribution in [2.24, 2.45) is 0 Å². The van der Waals surface area contributed by atoms with Gasteiger partial charge in [-0.3, -0.25) is 0 Å². The summed E-state index contributed by atoms with van der Waals surface area (Å²) in [6.07, 6.45) is 3.65. The van der Waals surface area contributed by atoms with E-state index in [0.717, 1.165) is 6.54 Å². The van der Waals surface area contributed by atoms with Crippen molar-refractivity contribution in [1.82, 2.24) is 5.32 Å². The third-order valence-electron chi connectivity index (χ3n) is 3.10. The average molecular weight is 247 g/mol. The lowest BCUT2D eigenvalue weighted by Crippen LogP contribution is -2.21. The molecule has 1 heterocycles. The predicted molar refractivity (Wildman–Crippen MR) is 77.8 cm³/mol. The number of hydrogen-bond donors (Lipinski definition) is 1. The van der Waals surface area contributed by atoms with Crippen LogP contribution in [0.3, 0.4) is 0 Å². The van der Waals surface area contributed by atoms with Crippen LogP contribution in [-0.2, 0) is 0 Å². The van der Waals surface area contributed by atoms with Crippen molar-refractivity contribution in [3.8, 4) is 0 Å². The summed E-state index contributed by atoms with van der Waals surface area (Å²) in [5, 5.41) is 7.43. The molecule has 0 spiro atoms. The highest BCUT2D eigenvalue weighted by atomic mass is 32.1. The minimum Gasteiger partial charge on any atom is -0.310 e. The van der Waals surface area contributed by atoms with E-state index in [1.165, 1.54) is 34.9 Å². The molecule has 1 unspecified atom stereocenters. The molecule has 17 heavy (non-hydrogen) atoms. The highest BCUT2D eigenvalue weighted by Gasteiger charge is 2.13. The van der Waals surface area contributed by atoms with Crippen molar-refractivity contribution < 1.29 is 0 Å². The molecule has 0 aliphatic carbocycles. The van der Waals surface area contributed by atoms with Gasteiger partial charge < -0.3 is 5.32 Å². The Hall–Kier alpha value is -0.860. The van der Waals surface area contributed by atoms with Gasteiger partial charge >= 0.3 is 0 Å². The molecule has 1 aromatic carbocycles. The summed E-state index contributed by atoms with van der Waals surface area (Å²) < 4.78 is 1.40. The molecule has 0 saturated carbocycles. The van der Waals surface area contributed by atoms with Crippen molar-refractivity contribution in [2.75, 3.05) is 6.54 Å². The Kier molecular flexibility index (Phi) is 4.57. The topological polar surface area (TPSA) is 12.0 Å². The molecule has 2 heteroatoms. The molecule has 1 N–H and O–H groups in total. The van der Waals surface area contributed by atoms with E-state index in [1.54, 1.807) is 0 Å². The highest BCUT2D eigenvalue weighted by molar-refractivity contribution is 7.17. The quantitative estimate of drug-likeness (QED) is 0.777. The monoisotopic (exact) mass is 247 g/mol. The van der Waals surface area contributed by atoms with Crippen LogP contribution in [0.5, 0.6) is 0 Å². The van der Waals surface area contributed by atoms with Crippen LogP contribution in [0.2, 0.25) is 0 Å². The SMILES string of the molecule is CCCNC(CCC)c1csc2ccccc12. The first-order chi connectivity index (χ1) is 8.36. The van der Waals surface area contributed by atoms with Crippen LogP contribution in [0.1, 0.15) is 44.7 Å². The van der Waals surface area contributed by atoms with Crippen LogP contribution < -0.4 is 5.32 Å². The maximum absolute atomic E-state index is 3.67. The summed E-state index contributed by atoms with van der Waals surface area (Å²) in [6.45, 7) is 5.59. The number of hydrogen-bond acceptors (Lipinski definition) is 2. The fraction of sp³-hybridized carbons (Fsp3) is 0.467. The minimum absolute atomic E-state index is 0.524. The van der Waals surface area contributed by atoms with Crippen LogP contribution in [0.25, 0.3) is 10.1 Å². The van der Waals surface area contributed by atoms with Crippen LogP contribution in [0, 0.1) is 0 Å². The number of rotatable bonds is 6. The second-order valence-electron chi connectivity index (χ2n) is 4.48. The fourth-order valence-corrected chi connectivity index (χ4v) is 3.26. The molecular formula is C15H21NS. The third kappa shape index (κ3) is 2.88. The van der Waals surface area contributed by atoms with Gasteiger partial charge in [0.05, 0.1) is 0 Å². The van der Waals surface area contributed by atoms with Gasteiger partial charge in [0.15, 0.2) is 0 Å². The molecule has 0 aliphatic heterocycles. The fourth-order valence-electron chi connectivity index (χ4n) is 2.24. The molecule has 92 valence electrons. The van der Waals surface area contributed by atoms with Gasteiger partial charge in [-0.25, -0.2) is 0 Å². The van der Waals surface area contributed by atoms with Crippen LogP contribution in [0.4, 0.5) is 0 Å². The molecule has 1 aromatic heterocycles. The zero-order chi connectivity index (χ0) is 12.1. The molecule has 2 aromatic rings. The molecule has 0 radical (unpaired) electrons. The summed E-state index contributed by atoms with van der Waals surface area (Å²) in [5.41, 5.74) is 1.49. The minimum atomic E-state index is 0.524. The number of benzene rings is 1. The summed E-state index contributed by atoms with van der Waals surface area (Å²) in [6, 6.07) is 9.25. The lowest BCUT2D eigenvalue weighted by atomic mass is 10.0. The van der Waals surface area contributed by atoms with Crippen molar-refractivity contribution >= 4 is 21.4 Å². The Labute approximate surface area is 108 Å².